The average Bonchev–Trinajstić information content (AvgIpc) is 2.40. The second-order valence-corrected chi connectivity index (χ2v) is 6.04. The van der Waals surface area contributed by atoms with E-state index >= 15 is 0 Å². The topological polar surface area (TPSA) is 26.3 Å². The number of hydrogen-bond acceptors (Lipinski definition) is 2. The number of aldehydes is 1. The number of rotatable bonds is 3. The van der Waals surface area contributed by atoms with Crippen LogP contribution >= 0.6 is 0 Å². The van der Waals surface area contributed by atoms with Gasteiger partial charge in [0.2, 0.25) is 0 Å². The Hall–Kier alpha value is -2.09. The zero-order valence-corrected chi connectivity index (χ0v) is 12.4. The van der Waals surface area contributed by atoms with Gasteiger partial charge < -0.3 is 4.74 Å². The molecule has 0 radical (unpaired) electrons. The van der Waals surface area contributed by atoms with Gasteiger partial charge in [0.05, 0.1) is 0 Å². The lowest BCUT2D eigenvalue weighted by atomic mass is 9.85. The Labute approximate surface area is 120 Å². The lowest BCUT2D eigenvalue weighted by molar-refractivity contribution is 0.112. The molecule has 0 fully saturated rings. The van der Waals surface area contributed by atoms with Crippen molar-refractivity contribution in [3.63, 3.8) is 0 Å². The number of ether oxygens (including phenoxy) is 1. The molecule has 0 saturated carbocycles. The first-order valence-electron chi connectivity index (χ1n) is 6.74. The van der Waals surface area contributed by atoms with Crippen LogP contribution in [0.3, 0.4) is 0 Å². The van der Waals surface area contributed by atoms with Crippen LogP contribution in [0, 0.1) is 6.92 Å². The molecule has 104 valence electrons. The summed E-state index contributed by atoms with van der Waals surface area (Å²) >= 11 is 0. The van der Waals surface area contributed by atoms with Gasteiger partial charge in [-0.05, 0) is 30.5 Å². The molecule has 0 unspecified atom stereocenters. The molecule has 0 aliphatic carbocycles. The highest BCUT2D eigenvalue weighted by Crippen LogP contribution is 2.34. The maximum absolute atomic E-state index is 10.8. The van der Waals surface area contributed by atoms with Crippen molar-refractivity contribution < 1.29 is 9.53 Å². The molecule has 2 aromatic carbocycles. The van der Waals surface area contributed by atoms with E-state index in [1.807, 2.05) is 24.3 Å². The van der Waals surface area contributed by atoms with Crippen LogP contribution in [0.2, 0.25) is 0 Å². The van der Waals surface area contributed by atoms with Gasteiger partial charge in [0, 0.05) is 11.1 Å². The number of aryl methyl sites for hydroxylation is 1. The fourth-order valence-electron chi connectivity index (χ4n) is 2.10. The smallest absolute Gasteiger partial charge is 0.150 e. The van der Waals surface area contributed by atoms with Gasteiger partial charge in [0.1, 0.15) is 17.8 Å². The Morgan fingerprint density at radius 1 is 1.05 bits per heavy atom. The molecule has 2 heteroatoms. The first-order chi connectivity index (χ1) is 9.40. The quantitative estimate of drug-likeness (QED) is 0.740. The molecular weight excluding hydrogens is 248 g/mol. The maximum Gasteiger partial charge on any atom is 0.150 e. The largest absolute Gasteiger partial charge is 0.457 e. The predicted molar refractivity (Wildman–Crippen MR) is 81.8 cm³/mol. The van der Waals surface area contributed by atoms with E-state index in [1.54, 1.807) is 12.1 Å². The van der Waals surface area contributed by atoms with Crippen molar-refractivity contribution in [2.45, 2.75) is 33.1 Å². The van der Waals surface area contributed by atoms with E-state index in [2.05, 4.69) is 33.8 Å². The monoisotopic (exact) mass is 268 g/mol. The normalized spacial score (nSPS) is 11.2. The van der Waals surface area contributed by atoms with Crippen LogP contribution < -0.4 is 4.74 Å². The van der Waals surface area contributed by atoms with Crippen LogP contribution in [0.4, 0.5) is 0 Å². The van der Waals surface area contributed by atoms with E-state index in [0.717, 1.165) is 17.6 Å². The van der Waals surface area contributed by atoms with Gasteiger partial charge in [0.15, 0.2) is 0 Å². The molecular formula is C18H20O2. The molecule has 2 aromatic rings. The van der Waals surface area contributed by atoms with Crippen LogP contribution in [0.5, 0.6) is 11.5 Å². The highest BCUT2D eigenvalue weighted by atomic mass is 16.5. The van der Waals surface area contributed by atoms with Gasteiger partial charge in [0.25, 0.3) is 0 Å². The molecule has 0 N–H and O–H groups in total. The molecule has 0 aromatic heterocycles. The Kier molecular flexibility index (Phi) is 3.93. The summed E-state index contributed by atoms with van der Waals surface area (Å²) in [6.45, 7) is 8.56. The summed E-state index contributed by atoms with van der Waals surface area (Å²) in [6, 6.07) is 13.4. The minimum Gasteiger partial charge on any atom is -0.457 e. The Morgan fingerprint density at radius 2 is 1.80 bits per heavy atom. The standard InChI is InChI=1S/C18H20O2/c1-13-8-9-17(16(10-13)18(2,3)4)20-15-7-5-6-14(11-15)12-19/h5-12H,1-4H3. The summed E-state index contributed by atoms with van der Waals surface area (Å²) in [4.78, 5) is 10.8. The van der Waals surface area contributed by atoms with Gasteiger partial charge >= 0.3 is 0 Å². The number of hydrogen-bond donors (Lipinski definition) is 0. The minimum absolute atomic E-state index is 0.00359. The fourth-order valence-corrected chi connectivity index (χ4v) is 2.10. The van der Waals surface area contributed by atoms with Gasteiger partial charge in [-0.1, -0.05) is 50.6 Å². The summed E-state index contributed by atoms with van der Waals surface area (Å²) in [6.07, 6.45) is 0.826. The average molecular weight is 268 g/mol. The maximum atomic E-state index is 10.8. The molecule has 0 aliphatic rings. The summed E-state index contributed by atoms with van der Waals surface area (Å²) in [5.41, 5.74) is 2.99. The minimum atomic E-state index is 0.00359. The van der Waals surface area contributed by atoms with Gasteiger partial charge in [-0.3, -0.25) is 4.79 Å². The van der Waals surface area contributed by atoms with Crippen LogP contribution in [-0.4, -0.2) is 6.29 Å². The molecule has 20 heavy (non-hydrogen) atoms. The second kappa shape index (κ2) is 5.49. The van der Waals surface area contributed by atoms with Crippen molar-refractivity contribution in [3.8, 4) is 11.5 Å². The Morgan fingerprint density at radius 3 is 2.45 bits per heavy atom. The van der Waals surface area contributed by atoms with E-state index in [1.165, 1.54) is 5.56 Å². The summed E-state index contributed by atoms with van der Waals surface area (Å²) in [5.74, 6) is 1.52. The molecule has 0 bridgehead atoms. The van der Waals surface area contributed by atoms with Crippen LogP contribution in [0.15, 0.2) is 42.5 Å². The highest BCUT2D eigenvalue weighted by molar-refractivity contribution is 5.75. The third-order valence-corrected chi connectivity index (χ3v) is 3.17. The second-order valence-electron chi connectivity index (χ2n) is 6.04. The van der Waals surface area contributed by atoms with Crippen molar-refractivity contribution in [1.29, 1.82) is 0 Å². The fraction of sp³-hybridized carbons (Fsp3) is 0.278. The Bertz CT molecular complexity index is 622. The molecule has 2 rings (SSSR count). The molecule has 0 atom stereocenters. The first-order valence-corrected chi connectivity index (χ1v) is 6.74. The SMILES string of the molecule is Cc1ccc(Oc2cccc(C=O)c2)c(C(C)(C)C)c1. The zero-order valence-electron chi connectivity index (χ0n) is 12.4. The van der Waals surface area contributed by atoms with Gasteiger partial charge in [-0.25, -0.2) is 0 Å². The number of carbonyl (C=O) groups excluding carboxylic acids is 1. The van der Waals surface area contributed by atoms with Crippen LogP contribution in [0.25, 0.3) is 0 Å². The first kappa shape index (κ1) is 14.3. The zero-order chi connectivity index (χ0) is 14.8. The van der Waals surface area contributed by atoms with Crippen LogP contribution in [-0.2, 0) is 5.41 Å². The number of benzene rings is 2. The molecule has 0 heterocycles. The predicted octanol–water partition coefficient (Wildman–Crippen LogP) is 4.90. The van der Waals surface area contributed by atoms with Crippen molar-refractivity contribution >= 4 is 6.29 Å². The lowest BCUT2D eigenvalue weighted by Gasteiger charge is -2.23. The highest BCUT2D eigenvalue weighted by Gasteiger charge is 2.19. The molecule has 2 nitrogen and oxygen atoms in total. The molecule has 0 spiro atoms. The molecule has 0 aliphatic heterocycles. The number of carbonyl (C=O) groups is 1. The van der Waals surface area contributed by atoms with Gasteiger partial charge in [-0.15, -0.1) is 0 Å². The van der Waals surface area contributed by atoms with Crippen molar-refractivity contribution in [3.05, 3.63) is 59.2 Å². The van der Waals surface area contributed by atoms with E-state index in [4.69, 9.17) is 4.74 Å². The third kappa shape index (κ3) is 3.27. The summed E-state index contributed by atoms with van der Waals surface area (Å²) in [7, 11) is 0. The Balaban J connectivity index is 2.40. The van der Waals surface area contributed by atoms with Crippen LogP contribution in [0.1, 0.15) is 42.3 Å². The lowest BCUT2D eigenvalue weighted by Crippen LogP contribution is -2.12. The van der Waals surface area contributed by atoms with Crippen molar-refractivity contribution in [2.24, 2.45) is 0 Å². The van der Waals surface area contributed by atoms with E-state index < -0.39 is 0 Å². The van der Waals surface area contributed by atoms with E-state index in [-0.39, 0.29) is 5.41 Å². The van der Waals surface area contributed by atoms with E-state index in [0.29, 0.717) is 11.3 Å². The molecule has 0 saturated heterocycles. The van der Waals surface area contributed by atoms with Crippen molar-refractivity contribution in [2.75, 3.05) is 0 Å². The van der Waals surface area contributed by atoms with Gasteiger partial charge in [-0.2, -0.15) is 0 Å². The van der Waals surface area contributed by atoms with Crippen molar-refractivity contribution in [1.82, 2.24) is 0 Å². The van der Waals surface area contributed by atoms with E-state index in [9.17, 15) is 4.79 Å². The summed E-state index contributed by atoms with van der Waals surface area (Å²) < 4.78 is 5.97. The summed E-state index contributed by atoms with van der Waals surface area (Å²) in [5, 5.41) is 0. The molecule has 0 amide bonds. The third-order valence-electron chi connectivity index (χ3n) is 3.17.